The van der Waals surface area contributed by atoms with Gasteiger partial charge < -0.3 is 0 Å². The van der Waals surface area contributed by atoms with Gasteiger partial charge in [-0.3, -0.25) is 9.52 Å². The van der Waals surface area contributed by atoms with Crippen LogP contribution in [0.4, 0.5) is 0 Å². The van der Waals surface area contributed by atoms with E-state index >= 15 is 0 Å². The molecular weight excluding hydrogens is 246 g/mol. The van der Waals surface area contributed by atoms with Gasteiger partial charge in [0.1, 0.15) is 0 Å². The Morgan fingerprint density at radius 1 is 1.39 bits per heavy atom. The minimum atomic E-state index is -1.40. The normalized spacial score (nSPS) is 26.2. The van der Waals surface area contributed by atoms with Crippen molar-refractivity contribution >= 4 is 16.9 Å². The number of carbonyl (C=O) groups excluding carboxylic acids is 1. The standard InChI is InChI=1S/C12H17NO2S.C2H6.H2/c1-12(2,3)11(14)13-16(15)10-5-4-8-6-9(8)7-10;1-2;/h4-5,7-9H,6H2,1-3H3,(H,13,14);1-2H3;1H. The van der Waals surface area contributed by atoms with E-state index in [9.17, 15) is 9.00 Å². The van der Waals surface area contributed by atoms with E-state index in [4.69, 9.17) is 0 Å². The first-order valence-electron chi connectivity index (χ1n) is 6.51. The second kappa shape index (κ2) is 5.83. The number of fused-ring (bicyclic) bond motifs is 1. The largest absolute Gasteiger partial charge is 0.274 e. The van der Waals surface area contributed by atoms with Gasteiger partial charge in [-0.25, -0.2) is 4.21 Å². The number of carbonyl (C=O) groups is 1. The van der Waals surface area contributed by atoms with Crippen LogP contribution in [-0.2, 0) is 15.8 Å². The summed E-state index contributed by atoms with van der Waals surface area (Å²) in [6.45, 7) is 9.42. The van der Waals surface area contributed by atoms with Crippen LogP contribution >= 0.6 is 0 Å². The molecule has 0 aromatic rings. The Morgan fingerprint density at radius 3 is 2.50 bits per heavy atom. The highest BCUT2D eigenvalue weighted by molar-refractivity contribution is 7.87. The Bertz CT molecular complexity index is 410. The fraction of sp³-hybridized carbons (Fsp3) is 0.643. The van der Waals surface area contributed by atoms with Crippen LogP contribution in [0.2, 0.25) is 0 Å². The van der Waals surface area contributed by atoms with Crippen molar-refractivity contribution < 1.29 is 10.4 Å². The summed E-state index contributed by atoms with van der Waals surface area (Å²) in [4.78, 5) is 12.4. The summed E-state index contributed by atoms with van der Waals surface area (Å²) in [7, 11) is -1.40. The molecule has 3 atom stereocenters. The maximum atomic E-state index is 11.9. The van der Waals surface area contributed by atoms with Gasteiger partial charge in [-0.2, -0.15) is 0 Å². The topological polar surface area (TPSA) is 46.2 Å². The van der Waals surface area contributed by atoms with E-state index in [1.54, 1.807) is 0 Å². The van der Waals surface area contributed by atoms with Crippen molar-refractivity contribution in [1.29, 1.82) is 0 Å². The van der Waals surface area contributed by atoms with E-state index in [1.807, 2.05) is 46.8 Å². The number of hydrogen-bond acceptors (Lipinski definition) is 2. The molecule has 1 saturated carbocycles. The molecule has 0 saturated heterocycles. The molecule has 18 heavy (non-hydrogen) atoms. The van der Waals surface area contributed by atoms with Gasteiger partial charge in [-0.15, -0.1) is 0 Å². The zero-order chi connectivity index (χ0) is 13.9. The highest BCUT2D eigenvalue weighted by atomic mass is 32.2. The predicted octanol–water partition coefficient (Wildman–Crippen LogP) is 3.17. The van der Waals surface area contributed by atoms with E-state index in [-0.39, 0.29) is 7.33 Å². The minimum Gasteiger partial charge on any atom is -0.274 e. The van der Waals surface area contributed by atoms with Gasteiger partial charge in [-0.1, -0.05) is 46.8 Å². The molecule has 3 nitrogen and oxygen atoms in total. The Morgan fingerprint density at radius 2 is 2.00 bits per heavy atom. The van der Waals surface area contributed by atoms with Crippen LogP contribution in [0.3, 0.4) is 0 Å². The summed E-state index contributed by atoms with van der Waals surface area (Å²) in [6.07, 6.45) is 7.13. The van der Waals surface area contributed by atoms with E-state index in [0.717, 1.165) is 11.3 Å². The lowest BCUT2D eigenvalue weighted by atomic mass is 9.96. The fourth-order valence-corrected chi connectivity index (χ4v) is 2.65. The molecule has 2 aliphatic rings. The van der Waals surface area contributed by atoms with Crippen molar-refractivity contribution in [2.24, 2.45) is 17.3 Å². The molecule has 0 aliphatic heterocycles. The molecule has 0 spiro atoms. The van der Waals surface area contributed by atoms with Gasteiger partial charge in [-0.05, 0) is 24.3 Å². The average Bonchev–Trinajstić information content (AvgIpc) is 3.08. The number of allylic oxidation sites excluding steroid dienone is 3. The first-order valence-corrected chi connectivity index (χ1v) is 7.66. The van der Waals surface area contributed by atoms with Crippen LogP contribution in [-0.4, -0.2) is 10.1 Å². The van der Waals surface area contributed by atoms with Crippen LogP contribution in [0, 0.1) is 17.3 Å². The van der Waals surface area contributed by atoms with Crippen LogP contribution in [0.1, 0.15) is 42.5 Å². The van der Waals surface area contributed by atoms with Crippen molar-refractivity contribution in [2.45, 2.75) is 41.0 Å². The second-order valence-corrected chi connectivity index (χ2v) is 6.65. The lowest BCUT2D eigenvalue weighted by Crippen LogP contribution is -2.36. The van der Waals surface area contributed by atoms with Crippen molar-refractivity contribution in [3.05, 3.63) is 23.1 Å². The molecule has 4 heteroatoms. The van der Waals surface area contributed by atoms with Crippen LogP contribution in [0.15, 0.2) is 23.1 Å². The lowest BCUT2D eigenvalue weighted by molar-refractivity contribution is -0.126. The summed E-state index contributed by atoms with van der Waals surface area (Å²) in [6, 6.07) is 0. The molecule has 0 radical (unpaired) electrons. The highest BCUT2D eigenvalue weighted by Crippen LogP contribution is 2.44. The van der Waals surface area contributed by atoms with Crippen LogP contribution in [0.5, 0.6) is 0 Å². The molecule has 0 bridgehead atoms. The predicted molar refractivity (Wildman–Crippen MR) is 78.0 cm³/mol. The number of amides is 1. The van der Waals surface area contributed by atoms with Crippen molar-refractivity contribution in [3.8, 4) is 0 Å². The Labute approximate surface area is 114 Å². The van der Waals surface area contributed by atoms with Crippen LogP contribution in [0.25, 0.3) is 0 Å². The summed E-state index contributed by atoms with van der Waals surface area (Å²) in [5.74, 6) is 1.02. The molecule has 1 fully saturated rings. The maximum Gasteiger partial charge on any atom is 0.237 e. The first-order chi connectivity index (χ1) is 8.38. The molecule has 104 valence electrons. The third-order valence-electron chi connectivity index (χ3n) is 2.86. The average molecular weight is 271 g/mol. The SMILES string of the molecule is CC.CC(C)(C)C(=O)NS(=O)C1=CC2CC2C=C1.[HH]. The monoisotopic (exact) mass is 271 g/mol. The number of hydrogen-bond donors (Lipinski definition) is 1. The van der Waals surface area contributed by atoms with Crippen LogP contribution < -0.4 is 4.72 Å². The van der Waals surface area contributed by atoms with Crippen molar-refractivity contribution in [1.82, 2.24) is 4.72 Å². The molecule has 0 aromatic heterocycles. The first kappa shape index (κ1) is 15.2. The molecule has 1 N–H and O–H groups in total. The smallest absolute Gasteiger partial charge is 0.237 e. The van der Waals surface area contributed by atoms with E-state index in [2.05, 4.69) is 10.8 Å². The van der Waals surface area contributed by atoms with Crippen molar-refractivity contribution in [2.75, 3.05) is 0 Å². The zero-order valence-corrected chi connectivity index (χ0v) is 12.6. The molecular formula is C14H25NO2S. The molecule has 0 heterocycles. The molecule has 2 aliphatic carbocycles. The van der Waals surface area contributed by atoms with Gasteiger partial charge in [0.15, 0.2) is 11.0 Å². The molecule has 2 rings (SSSR count). The lowest BCUT2D eigenvalue weighted by Gasteiger charge is -2.17. The van der Waals surface area contributed by atoms with Gasteiger partial charge in [0.05, 0.1) is 4.91 Å². The van der Waals surface area contributed by atoms with Gasteiger partial charge in [0.2, 0.25) is 5.91 Å². The van der Waals surface area contributed by atoms with E-state index in [0.29, 0.717) is 11.8 Å². The summed E-state index contributed by atoms with van der Waals surface area (Å²) < 4.78 is 14.4. The third kappa shape index (κ3) is 3.80. The van der Waals surface area contributed by atoms with Gasteiger partial charge in [0.25, 0.3) is 0 Å². The van der Waals surface area contributed by atoms with Crippen molar-refractivity contribution in [3.63, 3.8) is 0 Å². The molecule has 1 amide bonds. The summed E-state index contributed by atoms with van der Waals surface area (Å²) in [5.41, 5.74) is -0.503. The molecule has 0 aromatic carbocycles. The number of rotatable bonds is 2. The maximum absolute atomic E-state index is 11.9. The van der Waals surface area contributed by atoms with Gasteiger partial charge in [0, 0.05) is 6.84 Å². The van der Waals surface area contributed by atoms with Gasteiger partial charge >= 0.3 is 0 Å². The number of nitrogens with one attached hydrogen (secondary N) is 1. The fourth-order valence-electron chi connectivity index (χ4n) is 1.55. The quantitative estimate of drug-likeness (QED) is 0.838. The van der Waals surface area contributed by atoms with E-state index in [1.165, 1.54) is 0 Å². The Balaban J connectivity index is 0.00000103. The highest BCUT2D eigenvalue weighted by Gasteiger charge is 2.36. The molecule has 3 unspecified atom stereocenters. The Kier molecular flexibility index (Phi) is 4.91. The van der Waals surface area contributed by atoms with E-state index < -0.39 is 16.4 Å². The zero-order valence-electron chi connectivity index (χ0n) is 11.8. The second-order valence-electron chi connectivity index (χ2n) is 5.44. The summed E-state index contributed by atoms with van der Waals surface area (Å²) in [5, 5.41) is 0. The summed E-state index contributed by atoms with van der Waals surface area (Å²) >= 11 is 0. The minimum absolute atomic E-state index is 0. The Hall–Kier alpha value is -0.900. The third-order valence-corrected chi connectivity index (χ3v) is 3.93.